The number of carboxylic acid groups (broad SMARTS) is 1. The Morgan fingerprint density at radius 3 is 2.50 bits per heavy atom. The monoisotopic (exact) mass is 400 g/mol. The maximum absolute atomic E-state index is 12.7. The fraction of sp³-hybridized carbons (Fsp3) is 0.250. The highest BCUT2D eigenvalue weighted by atomic mass is 32.2. The first-order valence-corrected chi connectivity index (χ1v) is 9.75. The first-order valence-electron chi connectivity index (χ1n) is 8.70. The third kappa shape index (κ3) is 4.28. The highest BCUT2D eigenvalue weighted by Crippen LogP contribution is 2.43. The SMILES string of the molecule is O=CN1C(C(=O)NC(Cc2ccccc2)C(=O)O)CSC1c1ccccc1O. The van der Waals surface area contributed by atoms with Crippen LogP contribution in [0.3, 0.4) is 0 Å². The second kappa shape index (κ2) is 8.79. The van der Waals surface area contributed by atoms with Gasteiger partial charge in [-0.2, -0.15) is 0 Å². The van der Waals surface area contributed by atoms with E-state index in [1.165, 1.54) is 22.7 Å². The average Bonchev–Trinajstić information content (AvgIpc) is 3.12. The molecule has 2 aromatic carbocycles. The van der Waals surface area contributed by atoms with Crippen molar-refractivity contribution < 1.29 is 24.6 Å². The first kappa shape index (κ1) is 19.8. The number of benzene rings is 2. The van der Waals surface area contributed by atoms with Crippen LogP contribution < -0.4 is 5.32 Å². The maximum Gasteiger partial charge on any atom is 0.326 e. The number of thioether (sulfide) groups is 1. The summed E-state index contributed by atoms with van der Waals surface area (Å²) in [5.74, 6) is -1.32. The Morgan fingerprint density at radius 1 is 1.18 bits per heavy atom. The highest BCUT2D eigenvalue weighted by molar-refractivity contribution is 7.99. The van der Waals surface area contributed by atoms with Crippen molar-refractivity contribution in [3.05, 3.63) is 65.7 Å². The molecule has 0 aromatic heterocycles. The summed E-state index contributed by atoms with van der Waals surface area (Å²) in [6.45, 7) is 0. The van der Waals surface area contributed by atoms with Gasteiger partial charge in [0.15, 0.2) is 0 Å². The van der Waals surface area contributed by atoms with E-state index >= 15 is 0 Å². The number of phenolic OH excluding ortho intramolecular Hbond substituents is 1. The van der Waals surface area contributed by atoms with E-state index in [9.17, 15) is 24.6 Å². The van der Waals surface area contributed by atoms with Crippen LogP contribution in [0.25, 0.3) is 0 Å². The van der Waals surface area contributed by atoms with Crippen molar-refractivity contribution in [2.24, 2.45) is 0 Å². The van der Waals surface area contributed by atoms with Gasteiger partial charge in [-0.15, -0.1) is 11.8 Å². The second-order valence-electron chi connectivity index (χ2n) is 6.40. The number of carbonyl (C=O) groups is 3. The molecule has 3 N–H and O–H groups in total. The number of carboxylic acids is 1. The number of aliphatic carboxylic acids is 1. The number of nitrogens with zero attached hydrogens (tertiary/aromatic N) is 1. The van der Waals surface area contributed by atoms with Crippen molar-refractivity contribution in [2.45, 2.75) is 23.9 Å². The van der Waals surface area contributed by atoms with Gasteiger partial charge in [0.2, 0.25) is 12.3 Å². The van der Waals surface area contributed by atoms with Gasteiger partial charge in [-0.3, -0.25) is 9.59 Å². The van der Waals surface area contributed by atoms with E-state index in [1.54, 1.807) is 42.5 Å². The summed E-state index contributed by atoms with van der Waals surface area (Å²) in [4.78, 5) is 37.3. The Morgan fingerprint density at radius 2 is 1.86 bits per heavy atom. The van der Waals surface area contributed by atoms with Crippen LogP contribution >= 0.6 is 11.8 Å². The topological polar surface area (TPSA) is 107 Å². The lowest BCUT2D eigenvalue weighted by Gasteiger charge is -2.26. The Bertz CT molecular complexity index is 861. The minimum absolute atomic E-state index is 0.0420. The van der Waals surface area contributed by atoms with Gasteiger partial charge in [-0.25, -0.2) is 4.79 Å². The second-order valence-corrected chi connectivity index (χ2v) is 7.52. The van der Waals surface area contributed by atoms with Crippen LogP contribution in [-0.2, 0) is 20.8 Å². The number of hydrogen-bond acceptors (Lipinski definition) is 5. The first-order chi connectivity index (χ1) is 13.5. The zero-order valence-electron chi connectivity index (χ0n) is 14.9. The van der Waals surface area contributed by atoms with Gasteiger partial charge >= 0.3 is 5.97 Å². The van der Waals surface area contributed by atoms with Crippen molar-refractivity contribution in [3.8, 4) is 5.75 Å². The van der Waals surface area contributed by atoms with Gasteiger partial charge in [-0.1, -0.05) is 48.5 Å². The molecule has 1 heterocycles. The molecule has 0 spiro atoms. The van der Waals surface area contributed by atoms with Gasteiger partial charge in [-0.05, 0) is 11.6 Å². The molecule has 0 saturated carbocycles. The Kier molecular flexibility index (Phi) is 6.20. The van der Waals surface area contributed by atoms with Crippen molar-refractivity contribution in [2.75, 3.05) is 5.75 Å². The fourth-order valence-corrected chi connectivity index (χ4v) is 4.56. The van der Waals surface area contributed by atoms with Crippen LogP contribution in [0.1, 0.15) is 16.5 Å². The minimum atomic E-state index is -1.14. The van der Waals surface area contributed by atoms with E-state index in [0.29, 0.717) is 17.7 Å². The molecule has 2 amide bonds. The van der Waals surface area contributed by atoms with Crippen LogP contribution in [0, 0.1) is 0 Å². The molecule has 28 heavy (non-hydrogen) atoms. The van der Waals surface area contributed by atoms with E-state index in [4.69, 9.17) is 0 Å². The summed E-state index contributed by atoms with van der Waals surface area (Å²) in [6, 6.07) is 13.7. The summed E-state index contributed by atoms with van der Waals surface area (Å²) < 4.78 is 0. The molecule has 0 aliphatic carbocycles. The third-order valence-electron chi connectivity index (χ3n) is 4.57. The smallest absolute Gasteiger partial charge is 0.326 e. The van der Waals surface area contributed by atoms with Crippen LogP contribution in [-0.4, -0.2) is 51.2 Å². The lowest BCUT2D eigenvalue weighted by molar-refractivity contribution is -0.142. The molecule has 8 heteroatoms. The van der Waals surface area contributed by atoms with Gasteiger partial charge in [0.05, 0.1) is 0 Å². The quantitative estimate of drug-likeness (QED) is 0.612. The molecular formula is C20H20N2O5S. The van der Waals surface area contributed by atoms with Crippen molar-refractivity contribution in [1.82, 2.24) is 10.2 Å². The molecule has 1 aliphatic rings. The van der Waals surface area contributed by atoms with E-state index in [0.717, 1.165) is 5.56 Å². The molecular weight excluding hydrogens is 380 g/mol. The molecule has 146 valence electrons. The summed E-state index contributed by atoms with van der Waals surface area (Å²) >= 11 is 1.34. The summed E-state index contributed by atoms with van der Waals surface area (Å²) in [7, 11) is 0. The van der Waals surface area contributed by atoms with Crippen molar-refractivity contribution in [3.63, 3.8) is 0 Å². The van der Waals surface area contributed by atoms with E-state index < -0.39 is 29.3 Å². The van der Waals surface area contributed by atoms with Crippen LogP contribution in [0.2, 0.25) is 0 Å². The average molecular weight is 400 g/mol. The zero-order valence-corrected chi connectivity index (χ0v) is 15.7. The number of para-hydroxylation sites is 1. The van der Waals surface area contributed by atoms with Crippen molar-refractivity contribution in [1.29, 1.82) is 0 Å². The molecule has 0 bridgehead atoms. The van der Waals surface area contributed by atoms with Crippen LogP contribution in [0.4, 0.5) is 0 Å². The van der Waals surface area contributed by atoms with Crippen LogP contribution in [0.15, 0.2) is 54.6 Å². The van der Waals surface area contributed by atoms with E-state index in [-0.39, 0.29) is 12.2 Å². The zero-order chi connectivity index (χ0) is 20.1. The number of rotatable bonds is 7. The van der Waals surface area contributed by atoms with Gasteiger partial charge in [0.1, 0.15) is 23.2 Å². The molecule has 3 rings (SSSR count). The van der Waals surface area contributed by atoms with Crippen molar-refractivity contribution >= 4 is 30.0 Å². The van der Waals surface area contributed by atoms with Gasteiger partial charge < -0.3 is 20.4 Å². The number of carbonyl (C=O) groups excluding carboxylic acids is 2. The lowest BCUT2D eigenvalue weighted by Crippen LogP contribution is -2.51. The lowest BCUT2D eigenvalue weighted by atomic mass is 10.1. The number of hydrogen-bond donors (Lipinski definition) is 3. The van der Waals surface area contributed by atoms with E-state index in [2.05, 4.69) is 5.32 Å². The Hall–Kier alpha value is -3.00. The number of phenols is 1. The molecule has 2 aromatic rings. The number of amides is 2. The minimum Gasteiger partial charge on any atom is -0.508 e. The molecule has 3 unspecified atom stereocenters. The molecule has 7 nitrogen and oxygen atoms in total. The standard InChI is InChI=1S/C20H20N2O5S/c23-12-22-16(11-28-19(22)14-8-4-5-9-17(14)24)18(25)21-15(20(26)27)10-13-6-2-1-3-7-13/h1-9,12,15-16,19,24H,10-11H2,(H,21,25)(H,26,27). The Labute approximate surface area is 166 Å². The van der Waals surface area contributed by atoms with Gasteiger partial charge in [0, 0.05) is 17.7 Å². The van der Waals surface area contributed by atoms with Gasteiger partial charge in [0.25, 0.3) is 0 Å². The Balaban J connectivity index is 1.73. The third-order valence-corrected chi connectivity index (χ3v) is 5.89. The molecule has 0 radical (unpaired) electrons. The van der Waals surface area contributed by atoms with Crippen LogP contribution in [0.5, 0.6) is 5.75 Å². The predicted molar refractivity (Wildman–Crippen MR) is 105 cm³/mol. The normalized spacial score (nSPS) is 19.8. The molecule has 1 saturated heterocycles. The number of nitrogens with one attached hydrogen (secondary N) is 1. The summed E-state index contributed by atoms with van der Waals surface area (Å²) in [5, 5.41) is 21.6. The number of aromatic hydroxyl groups is 1. The fourth-order valence-electron chi connectivity index (χ4n) is 3.12. The maximum atomic E-state index is 12.7. The predicted octanol–water partition coefficient (Wildman–Crippen LogP) is 1.78. The summed E-state index contributed by atoms with van der Waals surface area (Å²) in [5.41, 5.74) is 1.32. The highest BCUT2D eigenvalue weighted by Gasteiger charge is 2.40. The van der Waals surface area contributed by atoms with E-state index in [1.807, 2.05) is 6.07 Å². The molecule has 1 aliphatic heterocycles. The summed E-state index contributed by atoms with van der Waals surface area (Å²) in [6.07, 6.45) is 0.708. The largest absolute Gasteiger partial charge is 0.508 e. The molecule has 3 atom stereocenters. The molecule has 1 fully saturated rings.